The first kappa shape index (κ1) is 14.8. The van der Waals surface area contributed by atoms with Crippen LogP contribution in [0.25, 0.3) is 0 Å². The molecule has 2 aliphatic heterocycles. The summed E-state index contributed by atoms with van der Waals surface area (Å²) in [7, 11) is 0. The topological polar surface area (TPSA) is 59.8 Å². The molecule has 0 aliphatic carbocycles. The summed E-state index contributed by atoms with van der Waals surface area (Å²) in [6.45, 7) is 2.61. The van der Waals surface area contributed by atoms with Crippen molar-refractivity contribution >= 4 is 39.4 Å². The van der Waals surface area contributed by atoms with E-state index in [1.807, 2.05) is 37.4 Å². The second-order valence-corrected chi connectivity index (χ2v) is 6.53. The van der Waals surface area contributed by atoms with Gasteiger partial charge in [-0.2, -0.15) is 4.99 Å². The van der Waals surface area contributed by atoms with E-state index in [2.05, 4.69) is 31.2 Å². The SMILES string of the molecule is CC[N+]1([O-])CNC(SC)=C2N=C(c3ccc(Br)cc3)N=C21. The zero-order valence-corrected chi connectivity index (χ0v) is 14.2. The van der Waals surface area contributed by atoms with Crippen LogP contribution in [0, 0.1) is 5.21 Å². The van der Waals surface area contributed by atoms with Gasteiger partial charge in [-0.05, 0) is 25.3 Å². The van der Waals surface area contributed by atoms with Crippen molar-refractivity contribution in [2.75, 3.05) is 19.5 Å². The molecule has 21 heavy (non-hydrogen) atoms. The Bertz CT molecular complexity index is 668. The number of hydrogen-bond acceptors (Lipinski definition) is 5. The molecule has 0 bridgehead atoms. The quantitative estimate of drug-likeness (QED) is 0.660. The van der Waals surface area contributed by atoms with E-state index >= 15 is 0 Å². The van der Waals surface area contributed by atoms with Gasteiger partial charge in [0.1, 0.15) is 5.03 Å². The molecule has 1 N–H and O–H groups in total. The van der Waals surface area contributed by atoms with Gasteiger partial charge in [-0.1, -0.05) is 28.1 Å². The number of likely N-dealkylation sites (N-methyl/N-ethyl adjacent to an activating group) is 1. The molecule has 0 aromatic heterocycles. The van der Waals surface area contributed by atoms with Crippen LogP contribution in [0.15, 0.2) is 49.4 Å². The Morgan fingerprint density at radius 3 is 2.67 bits per heavy atom. The first-order chi connectivity index (χ1) is 10.1. The Kier molecular flexibility index (Phi) is 3.92. The average molecular weight is 367 g/mol. The fourth-order valence-corrected chi connectivity index (χ4v) is 3.09. The molecule has 2 aliphatic rings. The van der Waals surface area contributed by atoms with Crippen molar-refractivity contribution < 1.29 is 4.65 Å². The molecule has 0 spiro atoms. The van der Waals surface area contributed by atoms with Gasteiger partial charge >= 0.3 is 0 Å². The molecule has 0 fully saturated rings. The lowest BCUT2D eigenvalue weighted by molar-refractivity contribution is -0.791. The third kappa shape index (κ3) is 2.55. The van der Waals surface area contributed by atoms with Crippen molar-refractivity contribution in [1.82, 2.24) is 5.32 Å². The second kappa shape index (κ2) is 5.57. The number of hydroxylamine groups is 3. The van der Waals surface area contributed by atoms with Crippen LogP contribution >= 0.6 is 27.7 Å². The van der Waals surface area contributed by atoms with Gasteiger partial charge in [0, 0.05) is 10.0 Å². The highest BCUT2D eigenvalue weighted by Gasteiger charge is 2.38. The van der Waals surface area contributed by atoms with E-state index in [1.165, 1.54) is 0 Å². The Hall–Kier alpha value is -1.15. The Balaban J connectivity index is 2.08. The highest BCUT2D eigenvalue weighted by atomic mass is 79.9. The van der Waals surface area contributed by atoms with Crippen molar-refractivity contribution in [3.63, 3.8) is 0 Å². The highest BCUT2D eigenvalue weighted by Crippen LogP contribution is 2.30. The third-order valence-corrected chi connectivity index (χ3v) is 4.83. The molecule has 3 rings (SSSR count). The zero-order valence-electron chi connectivity index (χ0n) is 11.8. The Labute approximate surface area is 136 Å². The number of halogens is 1. The van der Waals surface area contributed by atoms with Crippen LogP contribution in [0.3, 0.4) is 0 Å². The van der Waals surface area contributed by atoms with Crippen molar-refractivity contribution in [2.45, 2.75) is 6.92 Å². The number of nitrogens with one attached hydrogen (secondary N) is 1. The molecule has 2 heterocycles. The molecule has 110 valence electrons. The molecular formula is C14H15BrN4OS. The maximum Gasteiger partial charge on any atom is 0.260 e. The van der Waals surface area contributed by atoms with Crippen molar-refractivity contribution in [3.05, 3.63) is 50.2 Å². The molecule has 1 atom stereocenters. The van der Waals surface area contributed by atoms with Crippen LogP contribution in [0.5, 0.6) is 0 Å². The molecular weight excluding hydrogens is 352 g/mol. The summed E-state index contributed by atoms with van der Waals surface area (Å²) in [6.07, 6.45) is 1.97. The van der Waals surface area contributed by atoms with Crippen LogP contribution < -0.4 is 5.32 Å². The van der Waals surface area contributed by atoms with Crippen LogP contribution in [-0.2, 0) is 0 Å². The summed E-state index contributed by atoms with van der Waals surface area (Å²) < 4.78 is 0.520. The molecule has 0 saturated heterocycles. The number of thioether (sulfide) groups is 1. The maximum absolute atomic E-state index is 12.8. The number of fused-ring (bicyclic) bond motifs is 1. The Morgan fingerprint density at radius 2 is 2.05 bits per heavy atom. The summed E-state index contributed by atoms with van der Waals surface area (Å²) in [5.41, 5.74) is 1.60. The minimum atomic E-state index is -0.483. The minimum absolute atomic E-state index is 0.304. The fourth-order valence-electron chi connectivity index (χ4n) is 2.29. The van der Waals surface area contributed by atoms with Gasteiger partial charge < -0.3 is 10.5 Å². The first-order valence-electron chi connectivity index (χ1n) is 6.62. The lowest BCUT2D eigenvalue weighted by atomic mass is 10.2. The van der Waals surface area contributed by atoms with E-state index < -0.39 is 4.65 Å². The lowest BCUT2D eigenvalue weighted by Gasteiger charge is -2.43. The van der Waals surface area contributed by atoms with E-state index in [-0.39, 0.29) is 0 Å². The molecule has 7 heteroatoms. The predicted octanol–water partition coefficient (Wildman–Crippen LogP) is 3.04. The van der Waals surface area contributed by atoms with Crippen LogP contribution in [-0.4, -0.2) is 35.8 Å². The molecule has 1 aromatic carbocycles. The number of hydrogen-bond donors (Lipinski definition) is 1. The van der Waals surface area contributed by atoms with Gasteiger partial charge in [0.2, 0.25) is 0 Å². The Morgan fingerprint density at radius 1 is 1.33 bits per heavy atom. The van der Waals surface area contributed by atoms with E-state index in [1.54, 1.807) is 11.8 Å². The van der Waals surface area contributed by atoms with E-state index in [0.29, 0.717) is 30.6 Å². The molecule has 1 aromatic rings. The van der Waals surface area contributed by atoms with Gasteiger partial charge in [0.25, 0.3) is 5.84 Å². The van der Waals surface area contributed by atoms with Gasteiger partial charge in [0.15, 0.2) is 18.2 Å². The number of aliphatic imine (C=N–C) groups is 2. The van der Waals surface area contributed by atoms with Crippen molar-refractivity contribution in [1.29, 1.82) is 0 Å². The number of benzene rings is 1. The van der Waals surface area contributed by atoms with Gasteiger partial charge in [-0.15, -0.1) is 11.8 Å². The number of nitrogens with zero attached hydrogens (tertiary/aromatic N) is 3. The smallest absolute Gasteiger partial charge is 0.260 e. The highest BCUT2D eigenvalue weighted by molar-refractivity contribution is 9.10. The second-order valence-electron chi connectivity index (χ2n) is 4.80. The largest absolute Gasteiger partial charge is 0.625 e. The molecule has 0 saturated carbocycles. The zero-order chi connectivity index (χ0) is 15.0. The maximum atomic E-state index is 12.8. The monoisotopic (exact) mass is 366 g/mol. The standard InChI is InChI=1S/C14H15BrN4OS/c1-3-19(20)8-16-14(21-2)11-13(19)18-12(17-11)9-4-6-10(15)7-5-9/h4-7,16H,3,8H2,1-2H3. The number of quaternary nitrogens is 1. The fraction of sp³-hybridized carbons (Fsp3) is 0.286. The normalized spacial score (nSPS) is 24.4. The van der Waals surface area contributed by atoms with Gasteiger partial charge in [-0.3, -0.25) is 4.65 Å². The number of rotatable bonds is 3. The summed E-state index contributed by atoms with van der Waals surface area (Å²) in [5.74, 6) is 1.12. The summed E-state index contributed by atoms with van der Waals surface area (Å²) in [6, 6.07) is 7.79. The third-order valence-electron chi connectivity index (χ3n) is 3.55. The van der Waals surface area contributed by atoms with E-state index in [0.717, 1.165) is 15.1 Å². The molecule has 0 amide bonds. The lowest BCUT2D eigenvalue weighted by Crippen LogP contribution is -2.55. The molecule has 0 radical (unpaired) electrons. The minimum Gasteiger partial charge on any atom is -0.625 e. The summed E-state index contributed by atoms with van der Waals surface area (Å²) in [5, 5.41) is 16.9. The molecule has 5 nitrogen and oxygen atoms in total. The predicted molar refractivity (Wildman–Crippen MR) is 90.8 cm³/mol. The van der Waals surface area contributed by atoms with Crippen LogP contribution in [0.1, 0.15) is 12.5 Å². The van der Waals surface area contributed by atoms with E-state index in [9.17, 15) is 5.21 Å². The van der Waals surface area contributed by atoms with Crippen molar-refractivity contribution in [2.24, 2.45) is 9.98 Å². The average Bonchev–Trinajstić information content (AvgIpc) is 2.95. The van der Waals surface area contributed by atoms with E-state index in [4.69, 9.17) is 0 Å². The molecule has 1 unspecified atom stereocenters. The van der Waals surface area contributed by atoms with Gasteiger partial charge in [-0.25, -0.2) is 4.99 Å². The van der Waals surface area contributed by atoms with Crippen molar-refractivity contribution in [3.8, 4) is 0 Å². The van der Waals surface area contributed by atoms with Crippen LogP contribution in [0.4, 0.5) is 0 Å². The van der Waals surface area contributed by atoms with Crippen LogP contribution in [0.2, 0.25) is 0 Å². The summed E-state index contributed by atoms with van der Waals surface area (Å²) in [4.78, 5) is 9.12. The first-order valence-corrected chi connectivity index (χ1v) is 8.63. The number of amidine groups is 2. The summed E-state index contributed by atoms with van der Waals surface area (Å²) >= 11 is 4.97. The van der Waals surface area contributed by atoms with Gasteiger partial charge in [0.05, 0.1) is 6.54 Å².